The van der Waals surface area contributed by atoms with Crippen LogP contribution in [0.4, 0.5) is 0 Å². The first kappa shape index (κ1) is 18.4. The second kappa shape index (κ2) is 9.32. The monoisotopic (exact) mass is 273 g/mol. The molecule has 19 heavy (non-hydrogen) atoms. The predicted octanol–water partition coefficient (Wildman–Crippen LogP) is 3.06. The van der Waals surface area contributed by atoms with Crippen LogP contribution < -0.4 is 5.32 Å². The van der Waals surface area contributed by atoms with Crippen LogP contribution in [-0.2, 0) is 9.53 Å². The van der Waals surface area contributed by atoms with Gasteiger partial charge < -0.3 is 15.2 Å². The number of hydrogen-bond acceptors (Lipinski definition) is 3. The summed E-state index contributed by atoms with van der Waals surface area (Å²) in [6.07, 6.45) is 3.78. The highest BCUT2D eigenvalue weighted by molar-refractivity contribution is 5.78. The number of ether oxygens (including phenoxy) is 1. The van der Waals surface area contributed by atoms with Gasteiger partial charge in [-0.2, -0.15) is 0 Å². The van der Waals surface area contributed by atoms with Crippen LogP contribution in [0.3, 0.4) is 0 Å². The smallest absolute Gasteiger partial charge is 0.323 e. The van der Waals surface area contributed by atoms with Gasteiger partial charge in [0.25, 0.3) is 0 Å². The summed E-state index contributed by atoms with van der Waals surface area (Å²) in [6.45, 7) is 11.5. The largest absolute Gasteiger partial charge is 0.480 e. The molecule has 0 aliphatic heterocycles. The summed E-state index contributed by atoms with van der Waals surface area (Å²) in [5.74, 6) is -0.123. The molecule has 2 unspecified atom stereocenters. The second-order valence-electron chi connectivity index (χ2n) is 5.94. The third-order valence-electron chi connectivity index (χ3n) is 3.32. The van der Waals surface area contributed by atoms with Crippen LogP contribution in [-0.4, -0.2) is 35.9 Å². The van der Waals surface area contributed by atoms with Gasteiger partial charge in [0.15, 0.2) is 0 Å². The number of carbonyl (C=O) groups is 1. The van der Waals surface area contributed by atoms with Crippen molar-refractivity contribution in [2.75, 3.05) is 13.2 Å². The van der Waals surface area contributed by atoms with Gasteiger partial charge >= 0.3 is 5.97 Å². The van der Waals surface area contributed by atoms with Crippen LogP contribution in [0.1, 0.15) is 60.3 Å². The summed E-state index contributed by atoms with van der Waals surface area (Å²) in [5, 5.41) is 12.3. The molecule has 0 aromatic rings. The van der Waals surface area contributed by atoms with Crippen molar-refractivity contribution in [3.63, 3.8) is 0 Å². The Morgan fingerprint density at radius 2 is 1.95 bits per heavy atom. The SMILES string of the molecule is CCNC(C)(CCCCOC(C)CC(C)C)C(=O)O. The first-order valence-electron chi connectivity index (χ1n) is 7.41. The first-order chi connectivity index (χ1) is 8.81. The van der Waals surface area contributed by atoms with Crippen LogP contribution in [0.15, 0.2) is 0 Å². The lowest BCUT2D eigenvalue weighted by Crippen LogP contribution is -2.49. The van der Waals surface area contributed by atoms with Crippen LogP contribution in [0.2, 0.25) is 0 Å². The highest BCUT2D eigenvalue weighted by atomic mass is 16.5. The van der Waals surface area contributed by atoms with Gasteiger partial charge in [0.2, 0.25) is 0 Å². The molecule has 0 heterocycles. The Hall–Kier alpha value is -0.610. The second-order valence-corrected chi connectivity index (χ2v) is 5.94. The molecule has 0 aliphatic rings. The summed E-state index contributed by atoms with van der Waals surface area (Å²) in [4.78, 5) is 11.2. The summed E-state index contributed by atoms with van der Waals surface area (Å²) >= 11 is 0. The Bertz CT molecular complexity index is 256. The van der Waals surface area contributed by atoms with Crippen molar-refractivity contribution in [2.24, 2.45) is 5.92 Å². The molecule has 2 N–H and O–H groups in total. The number of aliphatic carboxylic acids is 1. The molecule has 0 saturated heterocycles. The molecule has 4 nitrogen and oxygen atoms in total. The van der Waals surface area contributed by atoms with Gasteiger partial charge in [0.05, 0.1) is 6.10 Å². The molecule has 0 aromatic carbocycles. The highest BCUT2D eigenvalue weighted by Crippen LogP contribution is 2.15. The van der Waals surface area contributed by atoms with E-state index in [0.717, 1.165) is 25.9 Å². The number of unbranched alkanes of at least 4 members (excludes halogenated alkanes) is 1. The van der Waals surface area contributed by atoms with Crippen LogP contribution >= 0.6 is 0 Å². The number of carboxylic acid groups (broad SMARTS) is 1. The fourth-order valence-corrected chi connectivity index (χ4v) is 2.26. The van der Waals surface area contributed by atoms with E-state index in [-0.39, 0.29) is 0 Å². The first-order valence-corrected chi connectivity index (χ1v) is 7.41. The summed E-state index contributed by atoms with van der Waals surface area (Å²) in [7, 11) is 0. The van der Waals surface area contributed by atoms with E-state index in [1.54, 1.807) is 6.92 Å². The third-order valence-corrected chi connectivity index (χ3v) is 3.32. The van der Waals surface area contributed by atoms with Crippen LogP contribution in [0.5, 0.6) is 0 Å². The van der Waals surface area contributed by atoms with E-state index in [4.69, 9.17) is 4.74 Å². The van der Waals surface area contributed by atoms with E-state index in [1.807, 2.05) is 6.92 Å². The van der Waals surface area contributed by atoms with Crippen LogP contribution in [0.25, 0.3) is 0 Å². The quantitative estimate of drug-likeness (QED) is 0.568. The minimum atomic E-state index is -0.807. The Kier molecular flexibility index (Phi) is 9.02. The summed E-state index contributed by atoms with van der Waals surface area (Å²) < 4.78 is 5.72. The highest BCUT2D eigenvalue weighted by Gasteiger charge is 2.30. The Morgan fingerprint density at radius 1 is 1.32 bits per heavy atom. The lowest BCUT2D eigenvalue weighted by Gasteiger charge is -2.25. The third kappa shape index (κ3) is 8.22. The Morgan fingerprint density at radius 3 is 2.42 bits per heavy atom. The predicted molar refractivity (Wildman–Crippen MR) is 78.4 cm³/mol. The molecule has 0 aromatic heterocycles. The van der Waals surface area contributed by atoms with E-state index < -0.39 is 11.5 Å². The fourth-order valence-electron chi connectivity index (χ4n) is 2.26. The van der Waals surface area contributed by atoms with Crippen molar-refractivity contribution in [1.29, 1.82) is 0 Å². The maximum atomic E-state index is 11.2. The lowest BCUT2D eigenvalue weighted by atomic mass is 9.95. The van der Waals surface area contributed by atoms with Gasteiger partial charge in [-0.05, 0) is 52.0 Å². The minimum Gasteiger partial charge on any atom is -0.480 e. The standard InChI is InChI=1S/C15H31NO3/c1-6-16-15(5,14(17)18)9-7-8-10-19-13(4)11-12(2)3/h12-13,16H,6-11H2,1-5H3,(H,17,18). The molecular weight excluding hydrogens is 242 g/mol. The summed E-state index contributed by atoms with van der Waals surface area (Å²) in [6, 6.07) is 0. The minimum absolute atomic E-state index is 0.291. The number of likely N-dealkylation sites (N-methyl/N-ethyl adjacent to an activating group) is 1. The van der Waals surface area contributed by atoms with Gasteiger partial charge in [-0.3, -0.25) is 4.79 Å². The molecule has 0 amide bonds. The number of rotatable bonds is 11. The molecule has 0 fully saturated rings. The fraction of sp³-hybridized carbons (Fsp3) is 0.933. The number of nitrogens with one attached hydrogen (secondary N) is 1. The van der Waals surface area contributed by atoms with Gasteiger partial charge in [-0.15, -0.1) is 0 Å². The van der Waals surface area contributed by atoms with Gasteiger partial charge in [0.1, 0.15) is 5.54 Å². The Labute approximate surface area is 117 Å². The maximum Gasteiger partial charge on any atom is 0.323 e. The molecule has 0 spiro atoms. The van der Waals surface area contributed by atoms with E-state index in [2.05, 4.69) is 26.1 Å². The molecule has 0 rings (SSSR count). The zero-order valence-corrected chi connectivity index (χ0v) is 13.2. The zero-order valence-electron chi connectivity index (χ0n) is 13.2. The molecule has 4 heteroatoms. The molecule has 0 aliphatic carbocycles. The van der Waals surface area contributed by atoms with Crippen molar-refractivity contribution < 1.29 is 14.6 Å². The van der Waals surface area contributed by atoms with Gasteiger partial charge in [0, 0.05) is 6.61 Å². The normalized spacial score (nSPS) is 16.3. The Balaban J connectivity index is 3.81. The van der Waals surface area contributed by atoms with Crippen LogP contribution in [0, 0.1) is 5.92 Å². The number of carboxylic acids is 1. The van der Waals surface area contributed by atoms with Crippen molar-refractivity contribution in [1.82, 2.24) is 5.32 Å². The average molecular weight is 273 g/mol. The van der Waals surface area contributed by atoms with Gasteiger partial charge in [-0.25, -0.2) is 0 Å². The summed E-state index contributed by atoms with van der Waals surface area (Å²) in [5.41, 5.74) is -0.807. The van der Waals surface area contributed by atoms with Crippen molar-refractivity contribution in [3.05, 3.63) is 0 Å². The molecule has 2 atom stereocenters. The molecular formula is C15H31NO3. The van der Waals surface area contributed by atoms with E-state index in [1.165, 1.54) is 0 Å². The zero-order chi connectivity index (χ0) is 14.9. The lowest BCUT2D eigenvalue weighted by molar-refractivity contribution is -0.144. The van der Waals surface area contributed by atoms with E-state index in [9.17, 15) is 9.90 Å². The average Bonchev–Trinajstić information content (AvgIpc) is 2.27. The van der Waals surface area contributed by atoms with E-state index in [0.29, 0.717) is 25.0 Å². The van der Waals surface area contributed by atoms with Crippen molar-refractivity contribution >= 4 is 5.97 Å². The van der Waals surface area contributed by atoms with Crippen molar-refractivity contribution in [2.45, 2.75) is 71.9 Å². The van der Waals surface area contributed by atoms with Gasteiger partial charge in [-0.1, -0.05) is 20.8 Å². The molecule has 0 radical (unpaired) electrons. The topological polar surface area (TPSA) is 58.6 Å². The molecule has 114 valence electrons. The molecule has 0 bridgehead atoms. The maximum absolute atomic E-state index is 11.2. The van der Waals surface area contributed by atoms with E-state index >= 15 is 0 Å². The van der Waals surface area contributed by atoms with Crippen molar-refractivity contribution in [3.8, 4) is 0 Å². The molecule has 0 saturated carbocycles. The number of hydrogen-bond donors (Lipinski definition) is 2.